The van der Waals surface area contributed by atoms with Gasteiger partial charge in [-0.25, -0.2) is 0 Å². The van der Waals surface area contributed by atoms with Crippen molar-refractivity contribution in [2.45, 2.75) is 32.9 Å². The summed E-state index contributed by atoms with van der Waals surface area (Å²) in [6.07, 6.45) is 0.330. The fourth-order valence-corrected chi connectivity index (χ4v) is 2.82. The molecule has 4 nitrogen and oxygen atoms in total. The van der Waals surface area contributed by atoms with Crippen molar-refractivity contribution in [1.82, 2.24) is 10.2 Å². The maximum atomic E-state index is 12.7. The van der Waals surface area contributed by atoms with E-state index in [1.807, 2.05) is 49.4 Å². The molecule has 0 spiro atoms. The maximum Gasteiger partial charge on any atom is 0.247 e. The third kappa shape index (κ3) is 5.07. The van der Waals surface area contributed by atoms with E-state index in [0.717, 1.165) is 11.1 Å². The van der Waals surface area contributed by atoms with Gasteiger partial charge in [0.15, 0.2) is 0 Å². The number of rotatable bonds is 7. The number of hydrogen-bond donors (Lipinski definition) is 1. The highest BCUT2D eigenvalue weighted by Crippen LogP contribution is 2.25. The molecule has 0 unspecified atom stereocenters. The summed E-state index contributed by atoms with van der Waals surface area (Å²) in [7, 11) is 0. The van der Waals surface area contributed by atoms with E-state index in [0.29, 0.717) is 24.5 Å². The van der Waals surface area contributed by atoms with Crippen LogP contribution in [0.15, 0.2) is 54.6 Å². The Balaban J connectivity index is 2.40. The summed E-state index contributed by atoms with van der Waals surface area (Å²) in [5.41, 5.74) is 1.72. The van der Waals surface area contributed by atoms with Crippen LogP contribution in [0, 0.1) is 0 Å². The lowest BCUT2D eigenvalue weighted by Crippen LogP contribution is -2.43. The van der Waals surface area contributed by atoms with E-state index in [9.17, 15) is 9.59 Å². The molecule has 0 bridgehead atoms. The van der Waals surface area contributed by atoms with Gasteiger partial charge in [0.2, 0.25) is 11.8 Å². The lowest BCUT2D eigenvalue weighted by molar-refractivity contribution is -0.141. The summed E-state index contributed by atoms with van der Waals surface area (Å²) in [6, 6.07) is 16.0. The molecule has 0 saturated carbocycles. The molecular weight excluding hydrogens is 336 g/mol. The molecule has 2 aromatic carbocycles. The van der Waals surface area contributed by atoms with Crippen LogP contribution >= 0.6 is 11.6 Å². The van der Waals surface area contributed by atoms with Crippen LogP contribution in [0.5, 0.6) is 0 Å². The van der Waals surface area contributed by atoms with E-state index in [1.165, 1.54) is 0 Å². The Labute approximate surface area is 153 Å². The smallest absolute Gasteiger partial charge is 0.247 e. The monoisotopic (exact) mass is 358 g/mol. The van der Waals surface area contributed by atoms with Crippen molar-refractivity contribution < 1.29 is 9.59 Å². The standard InChI is InChI=1S/C20H23ClN2O2/c1-3-18(24)23(14-15-10-12-17(21)13-11-15)19(20(25)22-4-2)16-8-6-5-7-9-16/h5-13,19H,3-4,14H2,1-2H3,(H,22,25)/t19-/m0/s1. The van der Waals surface area contributed by atoms with E-state index < -0.39 is 6.04 Å². The number of likely N-dealkylation sites (N-methyl/N-ethyl adjacent to an activating group) is 1. The molecule has 0 heterocycles. The Kier molecular flexibility index (Phi) is 7.02. The minimum Gasteiger partial charge on any atom is -0.354 e. The van der Waals surface area contributed by atoms with Gasteiger partial charge in [-0.1, -0.05) is 61.0 Å². The topological polar surface area (TPSA) is 49.4 Å². The molecule has 25 heavy (non-hydrogen) atoms. The largest absolute Gasteiger partial charge is 0.354 e. The van der Waals surface area contributed by atoms with Gasteiger partial charge in [0.25, 0.3) is 0 Å². The number of carbonyl (C=O) groups is 2. The first-order chi connectivity index (χ1) is 12.1. The molecule has 0 aromatic heterocycles. The van der Waals surface area contributed by atoms with Crippen molar-refractivity contribution in [2.75, 3.05) is 6.54 Å². The second-order valence-electron chi connectivity index (χ2n) is 5.71. The molecule has 2 aromatic rings. The molecule has 0 fully saturated rings. The summed E-state index contributed by atoms with van der Waals surface area (Å²) >= 11 is 5.94. The van der Waals surface area contributed by atoms with Crippen molar-refractivity contribution >= 4 is 23.4 Å². The maximum absolute atomic E-state index is 12.7. The number of nitrogens with one attached hydrogen (secondary N) is 1. The Morgan fingerprint density at radius 2 is 1.68 bits per heavy atom. The summed E-state index contributed by atoms with van der Waals surface area (Å²) in [5.74, 6) is -0.250. The van der Waals surface area contributed by atoms with E-state index in [-0.39, 0.29) is 11.8 Å². The first-order valence-electron chi connectivity index (χ1n) is 8.43. The minimum atomic E-state index is -0.663. The van der Waals surface area contributed by atoms with Crippen molar-refractivity contribution in [3.8, 4) is 0 Å². The molecule has 0 aliphatic carbocycles. The van der Waals surface area contributed by atoms with Crippen LogP contribution in [0.2, 0.25) is 5.02 Å². The molecule has 0 aliphatic rings. The first-order valence-corrected chi connectivity index (χ1v) is 8.81. The van der Waals surface area contributed by atoms with Gasteiger partial charge in [0, 0.05) is 24.5 Å². The van der Waals surface area contributed by atoms with Crippen LogP contribution < -0.4 is 5.32 Å². The van der Waals surface area contributed by atoms with Crippen LogP contribution in [0.25, 0.3) is 0 Å². The number of nitrogens with zero attached hydrogens (tertiary/aromatic N) is 1. The van der Waals surface area contributed by atoms with Gasteiger partial charge in [-0.15, -0.1) is 0 Å². The van der Waals surface area contributed by atoms with Gasteiger partial charge in [-0.05, 0) is 30.2 Å². The summed E-state index contributed by atoms with van der Waals surface area (Å²) in [5, 5.41) is 3.48. The fourth-order valence-electron chi connectivity index (χ4n) is 2.69. The van der Waals surface area contributed by atoms with Gasteiger partial charge >= 0.3 is 0 Å². The second-order valence-corrected chi connectivity index (χ2v) is 6.15. The Bertz CT molecular complexity index is 701. The molecule has 2 rings (SSSR count). The zero-order chi connectivity index (χ0) is 18.2. The van der Waals surface area contributed by atoms with Crippen molar-refractivity contribution in [3.63, 3.8) is 0 Å². The van der Waals surface area contributed by atoms with Crippen LogP contribution in [-0.2, 0) is 16.1 Å². The molecule has 5 heteroatoms. The molecule has 0 radical (unpaired) electrons. The normalized spacial score (nSPS) is 11.6. The molecule has 1 N–H and O–H groups in total. The van der Waals surface area contributed by atoms with E-state index >= 15 is 0 Å². The molecule has 1 atom stereocenters. The molecule has 132 valence electrons. The predicted octanol–water partition coefficient (Wildman–Crippen LogP) is 3.96. The van der Waals surface area contributed by atoms with E-state index in [2.05, 4.69) is 5.32 Å². The van der Waals surface area contributed by atoms with Crippen molar-refractivity contribution in [1.29, 1.82) is 0 Å². The molecule has 2 amide bonds. The van der Waals surface area contributed by atoms with Crippen molar-refractivity contribution in [3.05, 3.63) is 70.7 Å². The predicted molar refractivity (Wildman–Crippen MR) is 100 cm³/mol. The Morgan fingerprint density at radius 1 is 1.04 bits per heavy atom. The van der Waals surface area contributed by atoms with E-state index in [1.54, 1.807) is 24.0 Å². The van der Waals surface area contributed by atoms with Crippen LogP contribution in [-0.4, -0.2) is 23.3 Å². The number of benzene rings is 2. The number of halogens is 1. The molecule has 0 saturated heterocycles. The lowest BCUT2D eigenvalue weighted by Gasteiger charge is -2.31. The molecular formula is C20H23ClN2O2. The van der Waals surface area contributed by atoms with Gasteiger partial charge < -0.3 is 10.2 Å². The van der Waals surface area contributed by atoms with E-state index in [4.69, 9.17) is 11.6 Å². The summed E-state index contributed by atoms with van der Waals surface area (Å²) in [6.45, 7) is 4.53. The number of hydrogen-bond acceptors (Lipinski definition) is 2. The highest BCUT2D eigenvalue weighted by atomic mass is 35.5. The quantitative estimate of drug-likeness (QED) is 0.814. The Morgan fingerprint density at radius 3 is 2.24 bits per heavy atom. The number of carbonyl (C=O) groups excluding carboxylic acids is 2. The fraction of sp³-hybridized carbons (Fsp3) is 0.300. The average molecular weight is 359 g/mol. The third-order valence-corrected chi connectivity index (χ3v) is 4.17. The molecule has 0 aliphatic heterocycles. The zero-order valence-electron chi connectivity index (χ0n) is 14.5. The third-order valence-electron chi connectivity index (χ3n) is 3.92. The Hall–Kier alpha value is -2.33. The highest BCUT2D eigenvalue weighted by molar-refractivity contribution is 6.30. The van der Waals surface area contributed by atoms with Gasteiger partial charge in [-0.2, -0.15) is 0 Å². The second kappa shape index (κ2) is 9.23. The van der Waals surface area contributed by atoms with Crippen LogP contribution in [0.1, 0.15) is 37.4 Å². The van der Waals surface area contributed by atoms with Crippen LogP contribution in [0.3, 0.4) is 0 Å². The lowest BCUT2D eigenvalue weighted by atomic mass is 10.0. The summed E-state index contributed by atoms with van der Waals surface area (Å²) < 4.78 is 0. The summed E-state index contributed by atoms with van der Waals surface area (Å²) in [4.78, 5) is 27.0. The zero-order valence-corrected chi connectivity index (χ0v) is 15.3. The average Bonchev–Trinajstić information content (AvgIpc) is 2.63. The number of amides is 2. The first kappa shape index (κ1) is 19.0. The van der Waals surface area contributed by atoms with Gasteiger partial charge in [-0.3, -0.25) is 9.59 Å². The van der Waals surface area contributed by atoms with Gasteiger partial charge in [0.1, 0.15) is 6.04 Å². The van der Waals surface area contributed by atoms with Gasteiger partial charge in [0.05, 0.1) is 0 Å². The van der Waals surface area contributed by atoms with Crippen LogP contribution in [0.4, 0.5) is 0 Å². The minimum absolute atomic E-state index is 0.0740. The highest BCUT2D eigenvalue weighted by Gasteiger charge is 2.30. The SMILES string of the molecule is CCNC(=O)[C@H](c1ccccc1)N(Cc1ccc(Cl)cc1)C(=O)CC. The van der Waals surface area contributed by atoms with Crippen molar-refractivity contribution in [2.24, 2.45) is 0 Å².